The molecule has 4 aromatic rings. The Morgan fingerprint density at radius 3 is 2.40 bits per heavy atom. The molecule has 0 saturated carbocycles. The summed E-state index contributed by atoms with van der Waals surface area (Å²) in [6.07, 6.45) is 0. The van der Waals surface area contributed by atoms with E-state index in [-0.39, 0.29) is 11.7 Å². The molecule has 0 aliphatic heterocycles. The molecule has 0 spiro atoms. The maximum atomic E-state index is 12.1. The number of phenolic OH excluding ortho intramolecular Hbond substituents is 1. The monoisotopic (exact) mass is 346 g/mol. The minimum absolute atomic E-state index is 0.268. The zero-order chi connectivity index (χ0) is 17.2. The van der Waals surface area contributed by atoms with Gasteiger partial charge in [0.2, 0.25) is 0 Å². The molecule has 0 fully saturated rings. The van der Waals surface area contributed by atoms with Crippen LogP contribution in [0.25, 0.3) is 20.5 Å². The molecule has 0 saturated heterocycles. The van der Waals surface area contributed by atoms with Crippen molar-refractivity contribution in [1.29, 1.82) is 0 Å². The maximum absolute atomic E-state index is 12.1. The predicted octanol–water partition coefficient (Wildman–Crippen LogP) is 5.49. The van der Waals surface area contributed by atoms with Gasteiger partial charge in [-0.25, -0.2) is 4.79 Å². The lowest BCUT2D eigenvalue weighted by Crippen LogP contribution is -2.07. The van der Waals surface area contributed by atoms with Crippen molar-refractivity contribution in [2.24, 2.45) is 0 Å². The number of fused-ring (bicyclic) bond motifs is 1. The molecular formula is C21H14O3S. The fraction of sp³-hybridized carbons (Fsp3) is 0. The molecule has 1 heterocycles. The fourth-order valence-electron chi connectivity index (χ4n) is 2.59. The Bertz CT molecular complexity index is 1030. The lowest BCUT2D eigenvalue weighted by atomic mass is 10.1. The summed E-state index contributed by atoms with van der Waals surface area (Å²) >= 11 is 1.61. The second kappa shape index (κ2) is 6.42. The van der Waals surface area contributed by atoms with E-state index in [1.54, 1.807) is 59.9 Å². The van der Waals surface area contributed by atoms with Crippen molar-refractivity contribution in [2.45, 2.75) is 0 Å². The van der Waals surface area contributed by atoms with Gasteiger partial charge in [-0.15, -0.1) is 11.3 Å². The van der Waals surface area contributed by atoms with E-state index in [0.29, 0.717) is 11.3 Å². The second-order valence-electron chi connectivity index (χ2n) is 5.61. The Labute approximate surface area is 148 Å². The number of hydrogen-bond acceptors (Lipinski definition) is 4. The number of hydrogen-bond donors (Lipinski definition) is 1. The van der Waals surface area contributed by atoms with E-state index >= 15 is 0 Å². The molecule has 1 N–H and O–H groups in total. The number of carbonyl (C=O) groups excluding carboxylic acids is 1. The number of ether oxygens (including phenoxy) is 1. The third kappa shape index (κ3) is 3.25. The van der Waals surface area contributed by atoms with E-state index < -0.39 is 0 Å². The van der Waals surface area contributed by atoms with Gasteiger partial charge in [0.05, 0.1) is 5.56 Å². The minimum Gasteiger partial charge on any atom is -0.508 e. The molecule has 0 bridgehead atoms. The van der Waals surface area contributed by atoms with Crippen LogP contribution < -0.4 is 4.74 Å². The van der Waals surface area contributed by atoms with Crippen LogP contribution in [0.5, 0.6) is 11.5 Å². The van der Waals surface area contributed by atoms with Crippen LogP contribution in [0, 0.1) is 0 Å². The molecule has 0 aliphatic rings. The first-order chi connectivity index (χ1) is 12.2. The highest BCUT2D eigenvalue weighted by molar-refractivity contribution is 7.22. The van der Waals surface area contributed by atoms with Crippen LogP contribution in [0.2, 0.25) is 0 Å². The molecule has 4 heteroatoms. The third-order valence-electron chi connectivity index (χ3n) is 3.86. The summed E-state index contributed by atoms with van der Waals surface area (Å²) in [6, 6.07) is 23.8. The summed E-state index contributed by atoms with van der Waals surface area (Å²) in [5, 5.41) is 10.7. The van der Waals surface area contributed by atoms with Crippen molar-refractivity contribution >= 4 is 27.4 Å². The fourth-order valence-corrected chi connectivity index (χ4v) is 3.69. The van der Waals surface area contributed by atoms with Crippen LogP contribution in [0.15, 0.2) is 78.9 Å². The van der Waals surface area contributed by atoms with Gasteiger partial charge >= 0.3 is 5.97 Å². The summed E-state index contributed by atoms with van der Waals surface area (Å²) in [7, 11) is 0. The summed E-state index contributed by atoms with van der Waals surface area (Å²) in [6.45, 7) is 0. The molecule has 0 radical (unpaired) electrons. The standard InChI is InChI=1S/C21H14O3S/c22-17-9-6-16-12-19(25-20(16)13-17)14-7-10-18(11-8-14)24-21(23)15-4-2-1-3-5-15/h1-13,22H. The average molecular weight is 346 g/mol. The zero-order valence-corrected chi connectivity index (χ0v) is 14.0. The molecule has 25 heavy (non-hydrogen) atoms. The minimum atomic E-state index is -0.370. The van der Waals surface area contributed by atoms with Crippen molar-refractivity contribution in [2.75, 3.05) is 0 Å². The van der Waals surface area contributed by atoms with Crippen LogP contribution in [0.3, 0.4) is 0 Å². The summed E-state index contributed by atoms with van der Waals surface area (Å²) in [5.74, 6) is 0.408. The van der Waals surface area contributed by atoms with Gasteiger partial charge in [0.1, 0.15) is 11.5 Å². The lowest BCUT2D eigenvalue weighted by molar-refractivity contribution is 0.0735. The summed E-state index contributed by atoms with van der Waals surface area (Å²) < 4.78 is 6.43. The van der Waals surface area contributed by atoms with Gasteiger partial charge in [0.15, 0.2) is 0 Å². The lowest BCUT2D eigenvalue weighted by Gasteiger charge is -2.05. The Balaban J connectivity index is 1.56. The number of carbonyl (C=O) groups is 1. The first kappa shape index (κ1) is 15.4. The number of rotatable bonds is 3. The Morgan fingerprint density at radius 1 is 0.880 bits per heavy atom. The van der Waals surface area contributed by atoms with Crippen LogP contribution in [0.4, 0.5) is 0 Å². The van der Waals surface area contributed by atoms with Crippen LogP contribution in [0.1, 0.15) is 10.4 Å². The normalized spacial score (nSPS) is 10.7. The molecular weight excluding hydrogens is 332 g/mol. The van der Waals surface area contributed by atoms with Crippen molar-refractivity contribution < 1.29 is 14.6 Å². The number of esters is 1. The maximum Gasteiger partial charge on any atom is 0.343 e. The van der Waals surface area contributed by atoms with Crippen LogP contribution in [-0.2, 0) is 0 Å². The topological polar surface area (TPSA) is 46.5 Å². The quantitative estimate of drug-likeness (QED) is 0.394. The summed E-state index contributed by atoms with van der Waals surface area (Å²) in [5.41, 5.74) is 1.57. The largest absolute Gasteiger partial charge is 0.508 e. The van der Waals surface area contributed by atoms with E-state index in [1.165, 1.54) is 0 Å². The Kier molecular flexibility index (Phi) is 3.96. The van der Waals surface area contributed by atoms with E-state index in [4.69, 9.17) is 4.74 Å². The first-order valence-electron chi connectivity index (χ1n) is 7.79. The average Bonchev–Trinajstić information content (AvgIpc) is 3.06. The molecule has 4 rings (SSSR count). The molecule has 122 valence electrons. The molecule has 0 atom stereocenters. The highest BCUT2D eigenvalue weighted by Gasteiger charge is 2.09. The van der Waals surface area contributed by atoms with Crippen molar-refractivity contribution in [3.05, 3.63) is 84.4 Å². The van der Waals surface area contributed by atoms with Gasteiger partial charge in [-0.3, -0.25) is 0 Å². The summed E-state index contributed by atoms with van der Waals surface area (Å²) in [4.78, 5) is 13.2. The van der Waals surface area contributed by atoms with E-state index in [9.17, 15) is 9.90 Å². The van der Waals surface area contributed by atoms with Gasteiger partial charge in [-0.2, -0.15) is 0 Å². The molecule has 1 aromatic heterocycles. The molecule has 0 amide bonds. The van der Waals surface area contributed by atoms with Gasteiger partial charge in [-0.1, -0.05) is 18.2 Å². The van der Waals surface area contributed by atoms with Crippen LogP contribution >= 0.6 is 11.3 Å². The second-order valence-corrected chi connectivity index (χ2v) is 6.70. The van der Waals surface area contributed by atoms with Gasteiger partial charge in [0.25, 0.3) is 0 Å². The van der Waals surface area contributed by atoms with Gasteiger partial charge in [0, 0.05) is 9.58 Å². The van der Waals surface area contributed by atoms with Crippen LogP contribution in [-0.4, -0.2) is 11.1 Å². The highest BCUT2D eigenvalue weighted by Crippen LogP contribution is 2.35. The molecule has 0 unspecified atom stereocenters. The number of thiophene rings is 1. The number of benzene rings is 3. The highest BCUT2D eigenvalue weighted by atomic mass is 32.1. The van der Waals surface area contributed by atoms with Gasteiger partial charge in [-0.05, 0) is 71.6 Å². The number of phenols is 1. The predicted molar refractivity (Wildman–Crippen MR) is 100 cm³/mol. The first-order valence-corrected chi connectivity index (χ1v) is 8.61. The zero-order valence-electron chi connectivity index (χ0n) is 13.2. The van der Waals surface area contributed by atoms with Crippen molar-refractivity contribution in [1.82, 2.24) is 0 Å². The molecule has 0 aliphatic carbocycles. The smallest absolute Gasteiger partial charge is 0.343 e. The Morgan fingerprint density at radius 2 is 1.64 bits per heavy atom. The molecule has 3 aromatic carbocycles. The van der Waals surface area contributed by atoms with E-state index in [2.05, 4.69) is 6.07 Å². The van der Waals surface area contributed by atoms with E-state index in [0.717, 1.165) is 20.5 Å². The Hall–Kier alpha value is -3.11. The SMILES string of the molecule is O=C(Oc1ccc(-c2cc3ccc(O)cc3s2)cc1)c1ccccc1. The van der Waals surface area contributed by atoms with Crippen molar-refractivity contribution in [3.63, 3.8) is 0 Å². The van der Waals surface area contributed by atoms with E-state index in [1.807, 2.05) is 24.3 Å². The molecule has 3 nitrogen and oxygen atoms in total. The third-order valence-corrected chi connectivity index (χ3v) is 5.01. The van der Waals surface area contributed by atoms with Gasteiger partial charge < -0.3 is 9.84 Å². The number of aromatic hydroxyl groups is 1. The van der Waals surface area contributed by atoms with Crippen molar-refractivity contribution in [3.8, 4) is 21.9 Å².